The largest absolute Gasteiger partial charge is 0.497 e. The van der Waals surface area contributed by atoms with Gasteiger partial charge < -0.3 is 14.4 Å². The Morgan fingerprint density at radius 3 is 2.53 bits per heavy atom. The van der Waals surface area contributed by atoms with Gasteiger partial charge in [-0.05, 0) is 42.4 Å². The second kappa shape index (κ2) is 9.11. The summed E-state index contributed by atoms with van der Waals surface area (Å²) >= 11 is 0. The number of amides is 1. The smallest absolute Gasteiger partial charge is 0.241 e. The van der Waals surface area contributed by atoms with Crippen LogP contribution in [0.3, 0.4) is 0 Å². The Morgan fingerprint density at radius 2 is 1.84 bits per heavy atom. The van der Waals surface area contributed by atoms with Crippen molar-refractivity contribution < 1.29 is 22.7 Å². The van der Waals surface area contributed by atoms with E-state index in [1.807, 2.05) is 35.2 Å². The molecule has 1 fully saturated rings. The van der Waals surface area contributed by atoms with Crippen molar-refractivity contribution in [2.45, 2.75) is 44.0 Å². The summed E-state index contributed by atoms with van der Waals surface area (Å²) in [5.41, 5.74) is 2.82. The Morgan fingerprint density at radius 1 is 1.09 bits per heavy atom. The third kappa shape index (κ3) is 4.47. The summed E-state index contributed by atoms with van der Waals surface area (Å²) in [6.45, 7) is 2.65. The van der Waals surface area contributed by atoms with Gasteiger partial charge in [0.25, 0.3) is 0 Å². The van der Waals surface area contributed by atoms with Crippen LogP contribution in [-0.4, -0.2) is 46.0 Å². The van der Waals surface area contributed by atoms with E-state index in [2.05, 4.69) is 11.6 Å². The predicted molar refractivity (Wildman–Crippen MR) is 122 cm³/mol. The number of nitrogens with zero attached hydrogens (tertiary/aromatic N) is 1. The molecule has 2 heterocycles. The number of carbonyl (C=O) groups excluding carboxylic acids is 1. The molecule has 1 saturated heterocycles. The van der Waals surface area contributed by atoms with Crippen molar-refractivity contribution in [1.82, 2.24) is 9.62 Å². The normalized spacial score (nSPS) is 23.2. The molecule has 2 aromatic rings. The van der Waals surface area contributed by atoms with Crippen LogP contribution in [0.5, 0.6) is 11.5 Å². The molecule has 8 heteroatoms. The first kappa shape index (κ1) is 22.6. The molecule has 2 aliphatic rings. The molecule has 0 aliphatic carbocycles. The Bertz CT molecular complexity index is 1070. The monoisotopic (exact) mass is 458 g/mol. The molecule has 0 saturated carbocycles. The topological polar surface area (TPSA) is 84.9 Å². The van der Waals surface area contributed by atoms with Crippen molar-refractivity contribution in [3.63, 3.8) is 0 Å². The third-order valence-electron chi connectivity index (χ3n) is 6.46. The summed E-state index contributed by atoms with van der Waals surface area (Å²) in [6.07, 6.45) is 1.86. The van der Waals surface area contributed by atoms with Gasteiger partial charge in [-0.1, -0.05) is 37.3 Å². The van der Waals surface area contributed by atoms with Gasteiger partial charge in [0.2, 0.25) is 15.9 Å². The van der Waals surface area contributed by atoms with E-state index in [1.54, 1.807) is 26.4 Å². The summed E-state index contributed by atoms with van der Waals surface area (Å²) in [7, 11) is -0.412. The van der Waals surface area contributed by atoms with E-state index in [-0.39, 0.29) is 23.6 Å². The van der Waals surface area contributed by atoms with Gasteiger partial charge in [-0.25, -0.2) is 13.1 Å². The highest BCUT2D eigenvalue weighted by atomic mass is 32.2. The van der Waals surface area contributed by atoms with Gasteiger partial charge in [-0.15, -0.1) is 0 Å². The molecule has 7 nitrogen and oxygen atoms in total. The zero-order valence-electron chi connectivity index (χ0n) is 18.7. The number of nitrogens with one attached hydrogen (secondary N) is 1. The van der Waals surface area contributed by atoms with Crippen molar-refractivity contribution in [2.75, 3.05) is 20.8 Å². The number of rotatable bonds is 6. The van der Waals surface area contributed by atoms with E-state index in [0.717, 1.165) is 23.3 Å². The highest BCUT2D eigenvalue weighted by Gasteiger charge is 2.42. The summed E-state index contributed by atoms with van der Waals surface area (Å²) in [5, 5.41) is 0. The maximum atomic E-state index is 13.5. The van der Waals surface area contributed by atoms with Crippen LogP contribution in [0, 0.1) is 5.92 Å². The second-order valence-electron chi connectivity index (χ2n) is 8.60. The maximum Gasteiger partial charge on any atom is 0.241 e. The van der Waals surface area contributed by atoms with Gasteiger partial charge in [-0.2, -0.15) is 0 Å². The Hall–Kier alpha value is -2.58. The summed E-state index contributed by atoms with van der Waals surface area (Å²) in [6, 6.07) is 11.9. The Kier molecular flexibility index (Phi) is 6.44. The number of benzene rings is 2. The van der Waals surface area contributed by atoms with Crippen LogP contribution in [0.4, 0.5) is 0 Å². The van der Waals surface area contributed by atoms with E-state index < -0.39 is 16.1 Å². The van der Waals surface area contributed by atoms with Gasteiger partial charge in [0.1, 0.15) is 17.5 Å². The van der Waals surface area contributed by atoms with Gasteiger partial charge >= 0.3 is 0 Å². The molecule has 3 unspecified atom stereocenters. The van der Waals surface area contributed by atoms with Gasteiger partial charge in [0, 0.05) is 18.2 Å². The number of hydrogen-bond donors (Lipinski definition) is 1. The number of sulfonamides is 1. The Labute approximate surface area is 189 Å². The molecule has 2 aromatic carbocycles. The lowest BCUT2D eigenvalue weighted by Crippen LogP contribution is -2.50. The lowest BCUT2D eigenvalue weighted by molar-refractivity contribution is -0.135. The van der Waals surface area contributed by atoms with Crippen LogP contribution in [0.2, 0.25) is 0 Å². The molecule has 0 bridgehead atoms. The van der Waals surface area contributed by atoms with Crippen molar-refractivity contribution in [1.29, 1.82) is 0 Å². The summed E-state index contributed by atoms with van der Waals surface area (Å²) in [5.74, 6) is 1.28. The van der Waals surface area contributed by atoms with Crippen LogP contribution in [0.25, 0.3) is 0 Å². The SMILES string of the molecule is COc1cc2c(c(OC)c1)C1C(C)CCC(NS(=O)(=O)Cc3ccccc3)C(=O)N1CC2. The Balaban J connectivity index is 1.61. The predicted octanol–water partition coefficient (Wildman–Crippen LogP) is 3.05. The molecular weight excluding hydrogens is 428 g/mol. The number of methoxy groups -OCH3 is 2. The van der Waals surface area contributed by atoms with E-state index in [0.29, 0.717) is 30.7 Å². The van der Waals surface area contributed by atoms with Crippen molar-refractivity contribution in [3.05, 3.63) is 59.2 Å². The van der Waals surface area contributed by atoms with Crippen LogP contribution in [0.1, 0.15) is 42.5 Å². The molecule has 3 atom stereocenters. The molecule has 2 aliphatic heterocycles. The molecule has 1 amide bonds. The zero-order chi connectivity index (χ0) is 22.9. The quantitative estimate of drug-likeness (QED) is 0.719. The van der Waals surface area contributed by atoms with Gasteiger partial charge in [0.15, 0.2) is 0 Å². The standard InChI is InChI=1S/C24H30N2O5S/c1-16-9-10-20(25-32(28,29)15-17-7-5-4-6-8-17)24(27)26-12-11-18-13-19(30-2)14-21(31-3)22(18)23(16)26/h4-8,13-14,16,20,23,25H,9-12,15H2,1-3H3. The van der Waals surface area contributed by atoms with Crippen molar-refractivity contribution in [2.24, 2.45) is 5.92 Å². The van der Waals surface area contributed by atoms with E-state index in [4.69, 9.17) is 9.47 Å². The average molecular weight is 459 g/mol. The molecule has 0 aromatic heterocycles. The lowest BCUT2D eigenvalue weighted by Gasteiger charge is -2.40. The van der Waals surface area contributed by atoms with E-state index >= 15 is 0 Å². The summed E-state index contributed by atoms with van der Waals surface area (Å²) in [4.78, 5) is 15.4. The summed E-state index contributed by atoms with van der Waals surface area (Å²) < 4.78 is 39.4. The fraction of sp³-hybridized carbons (Fsp3) is 0.458. The number of ether oxygens (including phenoxy) is 2. The van der Waals surface area contributed by atoms with Gasteiger partial charge in [-0.3, -0.25) is 4.79 Å². The van der Waals surface area contributed by atoms with Gasteiger partial charge in [0.05, 0.1) is 26.0 Å². The van der Waals surface area contributed by atoms with Crippen LogP contribution >= 0.6 is 0 Å². The molecule has 172 valence electrons. The minimum absolute atomic E-state index is 0.146. The molecular formula is C24H30N2O5S. The average Bonchev–Trinajstić information content (AvgIpc) is 2.90. The van der Waals surface area contributed by atoms with E-state index in [1.165, 1.54) is 0 Å². The fourth-order valence-electron chi connectivity index (χ4n) is 4.93. The van der Waals surface area contributed by atoms with E-state index in [9.17, 15) is 13.2 Å². The number of fused-ring (bicyclic) bond motifs is 3. The molecule has 4 rings (SSSR count). The third-order valence-corrected chi connectivity index (χ3v) is 7.82. The van der Waals surface area contributed by atoms with Crippen LogP contribution in [0.15, 0.2) is 42.5 Å². The minimum Gasteiger partial charge on any atom is -0.497 e. The number of hydrogen-bond acceptors (Lipinski definition) is 5. The first-order valence-electron chi connectivity index (χ1n) is 10.9. The number of carbonyl (C=O) groups is 1. The molecule has 0 radical (unpaired) electrons. The molecule has 1 N–H and O–H groups in total. The fourth-order valence-corrected chi connectivity index (χ4v) is 6.30. The highest BCUT2D eigenvalue weighted by Crippen LogP contribution is 2.45. The molecule has 32 heavy (non-hydrogen) atoms. The van der Waals surface area contributed by atoms with Crippen molar-refractivity contribution in [3.8, 4) is 11.5 Å². The minimum atomic E-state index is -3.66. The first-order valence-corrected chi connectivity index (χ1v) is 12.6. The van der Waals surface area contributed by atoms with Crippen molar-refractivity contribution >= 4 is 15.9 Å². The molecule has 0 spiro atoms. The second-order valence-corrected chi connectivity index (χ2v) is 10.4. The first-order chi connectivity index (χ1) is 15.3. The zero-order valence-corrected chi connectivity index (χ0v) is 19.5. The van der Waals surface area contributed by atoms with Crippen LogP contribution < -0.4 is 14.2 Å². The lowest BCUT2D eigenvalue weighted by atomic mass is 9.83. The highest BCUT2D eigenvalue weighted by molar-refractivity contribution is 7.88. The van der Waals surface area contributed by atoms with Crippen LogP contribution in [-0.2, 0) is 27.0 Å². The maximum absolute atomic E-state index is 13.5.